The number of rotatable bonds is 7. The number of amides is 1. The summed E-state index contributed by atoms with van der Waals surface area (Å²) in [5.74, 6) is 0.239. The lowest BCUT2D eigenvalue weighted by Crippen LogP contribution is -2.19. The Balaban J connectivity index is 2.04. The van der Waals surface area contributed by atoms with Crippen molar-refractivity contribution in [2.24, 2.45) is 5.10 Å². The second-order valence-electron chi connectivity index (χ2n) is 5.18. The van der Waals surface area contributed by atoms with Crippen LogP contribution in [0, 0.1) is 0 Å². The van der Waals surface area contributed by atoms with Gasteiger partial charge in [0.1, 0.15) is 0 Å². The molecule has 0 aromatic heterocycles. The van der Waals surface area contributed by atoms with E-state index in [0.29, 0.717) is 23.3 Å². The number of hydrogen-bond donors (Lipinski definition) is 2. The van der Waals surface area contributed by atoms with E-state index in [0.717, 1.165) is 5.56 Å². The predicted molar refractivity (Wildman–Crippen MR) is 94.4 cm³/mol. The SMILES string of the molecule is C=CCc1cc(/C=N/NC(=O)Cc2ccccc2)cc(OC)c1O. The first-order valence-corrected chi connectivity index (χ1v) is 7.50. The first kappa shape index (κ1) is 17.3. The van der Waals surface area contributed by atoms with Gasteiger partial charge in [0, 0.05) is 5.56 Å². The fourth-order valence-corrected chi connectivity index (χ4v) is 2.23. The normalized spacial score (nSPS) is 10.5. The number of allylic oxidation sites excluding steroid dienone is 1. The van der Waals surface area contributed by atoms with Gasteiger partial charge in [0.2, 0.25) is 5.91 Å². The Hall–Kier alpha value is -3.08. The van der Waals surface area contributed by atoms with Crippen LogP contribution in [0.3, 0.4) is 0 Å². The Kier molecular flexibility index (Phi) is 6.14. The molecule has 0 spiro atoms. The second-order valence-corrected chi connectivity index (χ2v) is 5.18. The van der Waals surface area contributed by atoms with Crippen molar-refractivity contribution in [1.82, 2.24) is 5.43 Å². The van der Waals surface area contributed by atoms with Gasteiger partial charge < -0.3 is 9.84 Å². The number of hydrogen-bond acceptors (Lipinski definition) is 4. The molecule has 2 aromatic rings. The zero-order chi connectivity index (χ0) is 17.4. The number of nitrogens with one attached hydrogen (secondary N) is 1. The molecule has 0 aliphatic heterocycles. The fourth-order valence-electron chi connectivity index (χ4n) is 2.23. The number of phenols is 1. The van der Waals surface area contributed by atoms with Crippen LogP contribution >= 0.6 is 0 Å². The van der Waals surface area contributed by atoms with Crippen molar-refractivity contribution in [3.63, 3.8) is 0 Å². The van der Waals surface area contributed by atoms with E-state index in [1.54, 1.807) is 18.2 Å². The van der Waals surface area contributed by atoms with Gasteiger partial charge in [-0.2, -0.15) is 5.10 Å². The van der Waals surface area contributed by atoms with E-state index in [2.05, 4.69) is 17.1 Å². The highest BCUT2D eigenvalue weighted by atomic mass is 16.5. The van der Waals surface area contributed by atoms with Crippen LogP contribution in [0.1, 0.15) is 16.7 Å². The van der Waals surface area contributed by atoms with Crippen molar-refractivity contribution in [2.45, 2.75) is 12.8 Å². The van der Waals surface area contributed by atoms with E-state index in [-0.39, 0.29) is 18.1 Å². The van der Waals surface area contributed by atoms with Gasteiger partial charge in [0.15, 0.2) is 11.5 Å². The lowest BCUT2D eigenvalue weighted by atomic mass is 10.1. The van der Waals surface area contributed by atoms with Gasteiger partial charge in [0.05, 0.1) is 19.7 Å². The number of aromatic hydroxyl groups is 1. The van der Waals surface area contributed by atoms with Crippen LogP contribution in [0.4, 0.5) is 0 Å². The summed E-state index contributed by atoms with van der Waals surface area (Å²) < 4.78 is 5.15. The molecule has 0 fully saturated rings. The lowest BCUT2D eigenvalue weighted by molar-refractivity contribution is -0.120. The highest BCUT2D eigenvalue weighted by Gasteiger charge is 2.09. The zero-order valence-electron chi connectivity index (χ0n) is 13.5. The summed E-state index contributed by atoms with van der Waals surface area (Å²) in [5.41, 5.74) is 4.80. The number of carbonyl (C=O) groups excluding carboxylic acids is 1. The van der Waals surface area contributed by atoms with E-state index in [9.17, 15) is 9.90 Å². The molecule has 0 atom stereocenters. The molecular formula is C19H20N2O3. The number of nitrogens with zero attached hydrogens (tertiary/aromatic N) is 1. The van der Waals surface area contributed by atoms with Gasteiger partial charge in [0.25, 0.3) is 0 Å². The summed E-state index contributed by atoms with van der Waals surface area (Å²) in [7, 11) is 1.48. The Morgan fingerprint density at radius 3 is 2.75 bits per heavy atom. The predicted octanol–water partition coefficient (Wildman–Crippen LogP) is 2.82. The number of phenolic OH excluding ortho intramolecular Hbond substituents is 1. The van der Waals surface area contributed by atoms with Crippen molar-refractivity contribution < 1.29 is 14.6 Å². The van der Waals surface area contributed by atoms with Crippen LogP contribution in [-0.4, -0.2) is 24.3 Å². The summed E-state index contributed by atoms with van der Waals surface area (Å²) in [6, 6.07) is 12.9. The molecule has 0 saturated carbocycles. The van der Waals surface area contributed by atoms with Crippen molar-refractivity contribution in [2.75, 3.05) is 7.11 Å². The quantitative estimate of drug-likeness (QED) is 0.467. The van der Waals surface area contributed by atoms with Gasteiger partial charge in [-0.15, -0.1) is 6.58 Å². The topological polar surface area (TPSA) is 70.9 Å². The van der Waals surface area contributed by atoms with Gasteiger partial charge in [-0.3, -0.25) is 4.79 Å². The van der Waals surface area contributed by atoms with Crippen LogP contribution in [0.2, 0.25) is 0 Å². The first-order chi connectivity index (χ1) is 11.6. The Morgan fingerprint density at radius 1 is 1.33 bits per heavy atom. The summed E-state index contributed by atoms with van der Waals surface area (Å²) in [5, 5.41) is 14.0. The molecule has 124 valence electrons. The standard InChI is InChI=1S/C19H20N2O3/c1-3-7-16-10-15(11-17(24-2)19(16)23)13-20-21-18(22)12-14-8-5-4-6-9-14/h3-6,8-11,13,23H,1,7,12H2,2H3,(H,21,22)/b20-13+. The molecule has 0 unspecified atom stereocenters. The summed E-state index contributed by atoms with van der Waals surface area (Å²) >= 11 is 0. The highest BCUT2D eigenvalue weighted by molar-refractivity contribution is 5.84. The van der Waals surface area contributed by atoms with Crippen LogP contribution in [0.5, 0.6) is 11.5 Å². The molecule has 0 aliphatic rings. The first-order valence-electron chi connectivity index (χ1n) is 7.50. The molecule has 5 nitrogen and oxygen atoms in total. The molecule has 0 radical (unpaired) electrons. The minimum Gasteiger partial charge on any atom is -0.504 e. The molecule has 0 heterocycles. The lowest BCUT2D eigenvalue weighted by Gasteiger charge is -2.09. The van der Waals surface area contributed by atoms with Gasteiger partial charge in [-0.1, -0.05) is 36.4 Å². The van der Waals surface area contributed by atoms with Crippen LogP contribution in [0.15, 0.2) is 60.2 Å². The molecule has 0 bridgehead atoms. The third kappa shape index (κ3) is 4.71. The number of carbonyl (C=O) groups is 1. The molecule has 2 rings (SSSR count). The summed E-state index contributed by atoms with van der Waals surface area (Å²) in [6.07, 6.45) is 3.97. The maximum absolute atomic E-state index is 11.8. The van der Waals surface area contributed by atoms with Crippen LogP contribution in [-0.2, 0) is 17.6 Å². The Bertz CT molecular complexity index is 740. The maximum atomic E-state index is 11.8. The second kappa shape index (κ2) is 8.53. The molecule has 2 N–H and O–H groups in total. The van der Waals surface area contributed by atoms with Crippen molar-refractivity contribution in [1.29, 1.82) is 0 Å². The maximum Gasteiger partial charge on any atom is 0.244 e. The Morgan fingerprint density at radius 2 is 2.08 bits per heavy atom. The number of ether oxygens (including phenoxy) is 1. The van der Waals surface area contributed by atoms with Crippen LogP contribution in [0.25, 0.3) is 0 Å². The molecule has 0 aliphatic carbocycles. The monoisotopic (exact) mass is 324 g/mol. The number of methoxy groups -OCH3 is 1. The highest BCUT2D eigenvalue weighted by Crippen LogP contribution is 2.31. The smallest absolute Gasteiger partial charge is 0.244 e. The third-order valence-electron chi connectivity index (χ3n) is 3.37. The summed E-state index contributed by atoms with van der Waals surface area (Å²) in [6.45, 7) is 3.66. The van der Waals surface area contributed by atoms with E-state index in [1.165, 1.54) is 13.3 Å². The molecule has 5 heteroatoms. The third-order valence-corrected chi connectivity index (χ3v) is 3.37. The van der Waals surface area contributed by atoms with Crippen molar-refractivity contribution in [3.05, 3.63) is 71.8 Å². The molecule has 24 heavy (non-hydrogen) atoms. The van der Waals surface area contributed by atoms with E-state index >= 15 is 0 Å². The van der Waals surface area contributed by atoms with Crippen molar-refractivity contribution >= 4 is 12.1 Å². The number of hydrazone groups is 1. The zero-order valence-corrected chi connectivity index (χ0v) is 13.5. The van der Waals surface area contributed by atoms with Gasteiger partial charge >= 0.3 is 0 Å². The van der Waals surface area contributed by atoms with Gasteiger partial charge in [-0.25, -0.2) is 5.43 Å². The average molecular weight is 324 g/mol. The molecule has 2 aromatic carbocycles. The van der Waals surface area contributed by atoms with E-state index in [1.807, 2.05) is 30.3 Å². The van der Waals surface area contributed by atoms with Gasteiger partial charge in [-0.05, 0) is 29.7 Å². The van der Waals surface area contributed by atoms with E-state index < -0.39 is 0 Å². The molecular weight excluding hydrogens is 304 g/mol. The fraction of sp³-hybridized carbons (Fsp3) is 0.158. The van der Waals surface area contributed by atoms with E-state index in [4.69, 9.17) is 4.74 Å². The average Bonchev–Trinajstić information content (AvgIpc) is 2.58. The van der Waals surface area contributed by atoms with Crippen molar-refractivity contribution in [3.8, 4) is 11.5 Å². The minimum absolute atomic E-state index is 0.0858. The summed E-state index contributed by atoms with van der Waals surface area (Å²) in [4.78, 5) is 11.8. The largest absolute Gasteiger partial charge is 0.504 e. The minimum atomic E-state index is -0.200. The van der Waals surface area contributed by atoms with Crippen LogP contribution < -0.4 is 10.2 Å². The Labute approximate surface area is 141 Å². The molecule has 1 amide bonds. The molecule has 0 saturated heterocycles. The number of benzene rings is 2.